The van der Waals surface area contributed by atoms with Gasteiger partial charge in [0.2, 0.25) is 5.91 Å². The highest BCUT2D eigenvalue weighted by Crippen LogP contribution is 2.33. The summed E-state index contributed by atoms with van der Waals surface area (Å²) >= 11 is 2.35. The van der Waals surface area contributed by atoms with Gasteiger partial charge in [0.15, 0.2) is 0 Å². The highest BCUT2D eigenvalue weighted by molar-refractivity contribution is 14.1. The van der Waals surface area contributed by atoms with Crippen molar-refractivity contribution in [3.63, 3.8) is 0 Å². The van der Waals surface area contributed by atoms with Gasteiger partial charge in [-0.3, -0.25) is 4.79 Å². The standard InChI is InChI=1S/C15H18INO/c16-13-7-8-14-12(9-13)5-2-6-15(18)17(14)10-11-3-1-4-11/h7-9,11H,1-6,10H2. The van der Waals surface area contributed by atoms with Gasteiger partial charge < -0.3 is 4.90 Å². The molecule has 1 saturated carbocycles. The van der Waals surface area contributed by atoms with Crippen molar-refractivity contribution >= 4 is 34.2 Å². The number of anilines is 1. The minimum absolute atomic E-state index is 0.321. The number of benzene rings is 1. The summed E-state index contributed by atoms with van der Waals surface area (Å²) in [5.41, 5.74) is 2.52. The lowest BCUT2D eigenvalue weighted by atomic mass is 9.85. The van der Waals surface area contributed by atoms with Crippen molar-refractivity contribution in [2.75, 3.05) is 11.4 Å². The molecule has 0 saturated heterocycles. The quantitative estimate of drug-likeness (QED) is 0.740. The third-order valence-electron chi connectivity index (χ3n) is 4.14. The summed E-state index contributed by atoms with van der Waals surface area (Å²) < 4.78 is 1.27. The van der Waals surface area contributed by atoms with Gasteiger partial charge in [-0.15, -0.1) is 0 Å². The zero-order chi connectivity index (χ0) is 12.5. The van der Waals surface area contributed by atoms with Crippen LogP contribution in [0.1, 0.15) is 37.7 Å². The van der Waals surface area contributed by atoms with Crippen LogP contribution in [0.4, 0.5) is 5.69 Å². The normalized spacial score (nSPS) is 20.3. The third kappa shape index (κ3) is 2.42. The molecule has 3 heteroatoms. The Morgan fingerprint density at radius 3 is 2.78 bits per heavy atom. The summed E-state index contributed by atoms with van der Waals surface area (Å²) in [6.45, 7) is 0.937. The number of nitrogens with zero attached hydrogens (tertiary/aromatic N) is 1. The lowest BCUT2D eigenvalue weighted by Gasteiger charge is -2.32. The number of carbonyl (C=O) groups is 1. The number of halogens is 1. The Morgan fingerprint density at radius 1 is 1.22 bits per heavy atom. The van der Waals surface area contributed by atoms with Crippen LogP contribution in [-0.2, 0) is 11.2 Å². The number of aryl methyl sites for hydroxylation is 1. The van der Waals surface area contributed by atoms with E-state index < -0.39 is 0 Å². The van der Waals surface area contributed by atoms with Gasteiger partial charge in [-0.05, 0) is 78.0 Å². The summed E-state index contributed by atoms with van der Waals surface area (Å²) in [4.78, 5) is 14.3. The average molecular weight is 355 g/mol. The molecule has 0 radical (unpaired) electrons. The van der Waals surface area contributed by atoms with Gasteiger partial charge in [-0.2, -0.15) is 0 Å². The van der Waals surface area contributed by atoms with Gasteiger partial charge in [-0.1, -0.05) is 6.42 Å². The van der Waals surface area contributed by atoms with Crippen molar-refractivity contribution in [3.05, 3.63) is 27.3 Å². The van der Waals surface area contributed by atoms with E-state index in [9.17, 15) is 4.79 Å². The Labute approximate surface area is 122 Å². The second-order valence-corrected chi connectivity index (χ2v) is 6.67. The van der Waals surface area contributed by atoms with Crippen LogP contribution in [0.3, 0.4) is 0 Å². The number of carbonyl (C=O) groups excluding carboxylic acids is 1. The van der Waals surface area contributed by atoms with E-state index in [0.717, 1.165) is 25.3 Å². The maximum Gasteiger partial charge on any atom is 0.227 e. The lowest BCUT2D eigenvalue weighted by Crippen LogP contribution is -2.37. The fourth-order valence-corrected chi connectivity index (χ4v) is 3.41. The van der Waals surface area contributed by atoms with Crippen molar-refractivity contribution < 1.29 is 4.79 Å². The van der Waals surface area contributed by atoms with Crippen LogP contribution in [-0.4, -0.2) is 12.5 Å². The van der Waals surface area contributed by atoms with E-state index in [-0.39, 0.29) is 0 Å². The van der Waals surface area contributed by atoms with Gasteiger partial charge >= 0.3 is 0 Å². The largest absolute Gasteiger partial charge is 0.312 e. The molecule has 96 valence electrons. The van der Waals surface area contributed by atoms with E-state index in [1.54, 1.807) is 0 Å². The SMILES string of the molecule is O=C1CCCc2cc(I)ccc2N1CC1CCC1. The van der Waals surface area contributed by atoms with E-state index in [1.807, 2.05) is 0 Å². The maximum absolute atomic E-state index is 12.3. The van der Waals surface area contributed by atoms with Crippen molar-refractivity contribution in [1.82, 2.24) is 0 Å². The van der Waals surface area contributed by atoms with Crippen LogP contribution in [0.25, 0.3) is 0 Å². The highest BCUT2D eigenvalue weighted by atomic mass is 127. The fourth-order valence-electron chi connectivity index (χ4n) is 2.85. The molecule has 0 unspecified atom stereocenters. The molecule has 1 aliphatic heterocycles. The minimum Gasteiger partial charge on any atom is -0.312 e. The predicted molar refractivity (Wildman–Crippen MR) is 81.8 cm³/mol. The molecule has 1 heterocycles. The molecular weight excluding hydrogens is 337 g/mol. The molecule has 0 bridgehead atoms. The Kier molecular flexibility index (Phi) is 3.59. The highest BCUT2D eigenvalue weighted by Gasteiger charge is 2.27. The van der Waals surface area contributed by atoms with Crippen LogP contribution in [0.15, 0.2) is 18.2 Å². The fraction of sp³-hybridized carbons (Fsp3) is 0.533. The smallest absolute Gasteiger partial charge is 0.227 e. The first kappa shape index (κ1) is 12.5. The molecule has 1 aromatic carbocycles. The number of rotatable bonds is 2. The van der Waals surface area contributed by atoms with E-state index in [2.05, 4.69) is 45.7 Å². The second kappa shape index (κ2) is 5.19. The summed E-state index contributed by atoms with van der Waals surface area (Å²) in [6, 6.07) is 6.49. The predicted octanol–water partition coefficient (Wildman–Crippen LogP) is 3.76. The van der Waals surface area contributed by atoms with Crippen LogP contribution < -0.4 is 4.90 Å². The average Bonchev–Trinajstić information content (AvgIpc) is 2.43. The number of hydrogen-bond donors (Lipinski definition) is 0. The Bertz CT molecular complexity index is 468. The van der Waals surface area contributed by atoms with E-state index in [4.69, 9.17) is 0 Å². The molecule has 0 aromatic heterocycles. The molecule has 0 spiro atoms. The zero-order valence-electron chi connectivity index (χ0n) is 10.5. The number of hydrogen-bond acceptors (Lipinski definition) is 1. The molecule has 18 heavy (non-hydrogen) atoms. The van der Waals surface area contributed by atoms with Crippen LogP contribution >= 0.6 is 22.6 Å². The molecule has 0 atom stereocenters. The number of amides is 1. The van der Waals surface area contributed by atoms with Crippen molar-refractivity contribution in [2.24, 2.45) is 5.92 Å². The molecule has 2 aliphatic rings. The third-order valence-corrected chi connectivity index (χ3v) is 4.81. The first-order valence-electron chi connectivity index (χ1n) is 6.83. The van der Waals surface area contributed by atoms with E-state index in [1.165, 1.54) is 34.1 Å². The van der Waals surface area contributed by atoms with Crippen LogP contribution in [0.2, 0.25) is 0 Å². The van der Waals surface area contributed by atoms with Crippen molar-refractivity contribution in [2.45, 2.75) is 38.5 Å². The molecule has 3 rings (SSSR count). The van der Waals surface area contributed by atoms with Crippen LogP contribution in [0, 0.1) is 9.49 Å². The Hall–Kier alpha value is -0.580. The monoisotopic (exact) mass is 355 g/mol. The Morgan fingerprint density at radius 2 is 2.06 bits per heavy atom. The summed E-state index contributed by atoms with van der Waals surface area (Å²) in [5, 5.41) is 0. The molecule has 1 aliphatic carbocycles. The van der Waals surface area contributed by atoms with Crippen LogP contribution in [0.5, 0.6) is 0 Å². The van der Waals surface area contributed by atoms with Gasteiger partial charge in [0.25, 0.3) is 0 Å². The molecule has 1 aromatic rings. The van der Waals surface area contributed by atoms with Crippen molar-refractivity contribution in [3.8, 4) is 0 Å². The number of fused-ring (bicyclic) bond motifs is 1. The molecule has 0 N–H and O–H groups in total. The summed E-state index contributed by atoms with van der Waals surface area (Å²) in [7, 11) is 0. The van der Waals surface area contributed by atoms with E-state index >= 15 is 0 Å². The van der Waals surface area contributed by atoms with Gasteiger partial charge in [0.1, 0.15) is 0 Å². The first-order chi connectivity index (χ1) is 8.74. The van der Waals surface area contributed by atoms with Gasteiger partial charge in [-0.25, -0.2) is 0 Å². The topological polar surface area (TPSA) is 20.3 Å². The molecule has 2 nitrogen and oxygen atoms in total. The minimum atomic E-state index is 0.321. The zero-order valence-corrected chi connectivity index (χ0v) is 12.7. The lowest BCUT2D eigenvalue weighted by molar-refractivity contribution is -0.118. The van der Waals surface area contributed by atoms with Crippen molar-refractivity contribution in [1.29, 1.82) is 0 Å². The summed E-state index contributed by atoms with van der Waals surface area (Å²) in [6.07, 6.45) is 6.67. The molecule has 1 fully saturated rings. The van der Waals surface area contributed by atoms with Gasteiger partial charge in [0, 0.05) is 22.2 Å². The Balaban J connectivity index is 1.91. The molecule has 1 amide bonds. The maximum atomic E-state index is 12.3. The first-order valence-corrected chi connectivity index (χ1v) is 7.91. The summed E-state index contributed by atoms with van der Waals surface area (Å²) in [5.74, 6) is 1.06. The van der Waals surface area contributed by atoms with E-state index in [0.29, 0.717) is 12.3 Å². The second-order valence-electron chi connectivity index (χ2n) is 5.43. The molecular formula is C15H18INO. The van der Waals surface area contributed by atoms with Gasteiger partial charge in [0.05, 0.1) is 0 Å².